The van der Waals surface area contributed by atoms with Crippen LogP contribution < -0.4 is 16.0 Å². The normalized spacial score (nSPS) is 42.6. The smallest absolute Gasteiger partial charge is 0.270 e. The zero-order valence-electron chi connectivity index (χ0n) is 29.2. The van der Waals surface area contributed by atoms with Gasteiger partial charge in [-0.15, -0.1) is 0 Å². The summed E-state index contributed by atoms with van der Waals surface area (Å²) in [6, 6.07) is 3.36. The Hall–Kier alpha value is -2.44. The van der Waals surface area contributed by atoms with Crippen molar-refractivity contribution >= 4 is 17.7 Å². The third-order valence-corrected chi connectivity index (χ3v) is 16.9. The van der Waals surface area contributed by atoms with Crippen molar-refractivity contribution in [1.82, 2.24) is 20.9 Å². The van der Waals surface area contributed by atoms with Gasteiger partial charge in [0.15, 0.2) is 0 Å². The van der Waals surface area contributed by atoms with Crippen molar-refractivity contribution in [2.45, 2.75) is 138 Å². The summed E-state index contributed by atoms with van der Waals surface area (Å²) in [4.78, 5) is 46.4. The van der Waals surface area contributed by atoms with Crippen molar-refractivity contribution in [2.24, 2.45) is 50.2 Å². The number of hydrogen-bond donors (Lipinski definition) is 3. The van der Waals surface area contributed by atoms with Crippen molar-refractivity contribution in [1.29, 1.82) is 0 Å². The molecule has 0 aliphatic heterocycles. The number of pyridine rings is 1. The minimum atomic E-state index is -0.297. The molecule has 9 unspecified atom stereocenters. The Morgan fingerprint density at radius 1 is 0.556 bits per heavy atom. The number of fused-ring (bicyclic) bond motifs is 6. The van der Waals surface area contributed by atoms with E-state index in [0.29, 0.717) is 23.3 Å². The van der Waals surface area contributed by atoms with Crippen molar-refractivity contribution < 1.29 is 14.4 Å². The predicted molar refractivity (Wildman–Crippen MR) is 176 cm³/mol. The fraction of sp³-hybridized carbons (Fsp3) is 0.789. The molecule has 6 fully saturated rings. The largest absolute Gasteiger partial charge is 0.349 e. The molecule has 6 aliphatic rings. The van der Waals surface area contributed by atoms with Crippen LogP contribution in [0.4, 0.5) is 0 Å². The molecule has 6 aliphatic carbocycles. The fourth-order valence-corrected chi connectivity index (χ4v) is 11.9. The first-order valence-electron chi connectivity index (χ1n) is 17.8. The van der Waals surface area contributed by atoms with Gasteiger partial charge in [0.25, 0.3) is 17.7 Å². The maximum absolute atomic E-state index is 13.9. The third-order valence-electron chi connectivity index (χ3n) is 16.9. The number of hydrogen-bond acceptors (Lipinski definition) is 4. The standard InChI is InChI=1S/C38H56N4O3/c1-33(2)22-10-13-36(33,7)27(18-22)40-30(43)21-16-25(31(44)41-28-19-23-11-14-37(28,8)34(23,3)4)39-26(17-21)32(45)42-29-20-24-12-15-38(29,9)35(24,5)6/h16-17,22-24,27-29H,10-15,18-20H2,1-9H3,(H,40,43)(H,41,44)(H,42,45). The molecule has 0 spiro atoms. The highest BCUT2D eigenvalue weighted by atomic mass is 16.2. The molecule has 7 heteroatoms. The number of nitrogens with one attached hydrogen (secondary N) is 3. The molecule has 7 rings (SSSR count). The molecular weight excluding hydrogens is 560 g/mol. The van der Waals surface area contributed by atoms with Gasteiger partial charge in [-0.3, -0.25) is 14.4 Å². The summed E-state index contributed by atoms with van der Waals surface area (Å²) in [5, 5.41) is 9.98. The number of amides is 3. The van der Waals surface area contributed by atoms with Crippen LogP contribution in [-0.2, 0) is 0 Å². The van der Waals surface area contributed by atoms with Crippen LogP contribution in [0, 0.1) is 50.2 Å². The number of carbonyl (C=O) groups excluding carboxylic acids is 3. The molecule has 3 amide bonds. The highest BCUT2D eigenvalue weighted by Gasteiger charge is 2.63. The molecule has 1 aromatic heterocycles. The topological polar surface area (TPSA) is 100 Å². The molecule has 246 valence electrons. The molecule has 6 bridgehead atoms. The maximum Gasteiger partial charge on any atom is 0.270 e. The van der Waals surface area contributed by atoms with Crippen molar-refractivity contribution in [3.05, 3.63) is 29.1 Å². The van der Waals surface area contributed by atoms with Crippen LogP contribution in [0.3, 0.4) is 0 Å². The third kappa shape index (κ3) is 4.06. The maximum atomic E-state index is 13.9. The van der Waals surface area contributed by atoms with Crippen LogP contribution in [0.1, 0.15) is 151 Å². The van der Waals surface area contributed by atoms with Crippen LogP contribution in [0.2, 0.25) is 0 Å². The summed E-state index contributed by atoms with van der Waals surface area (Å²) < 4.78 is 0. The van der Waals surface area contributed by atoms with E-state index in [2.05, 4.69) is 83.2 Å². The summed E-state index contributed by atoms with van der Waals surface area (Å²) >= 11 is 0. The monoisotopic (exact) mass is 616 g/mol. The van der Waals surface area contributed by atoms with Gasteiger partial charge in [0.1, 0.15) is 11.4 Å². The van der Waals surface area contributed by atoms with E-state index in [0.717, 1.165) is 38.5 Å². The lowest BCUT2D eigenvalue weighted by atomic mass is 9.69. The van der Waals surface area contributed by atoms with Gasteiger partial charge in [0, 0.05) is 23.7 Å². The van der Waals surface area contributed by atoms with Gasteiger partial charge in [-0.25, -0.2) is 4.98 Å². The molecule has 7 nitrogen and oxygen atoms in total. The molecular formula is C38H56N4O3. The molecule has 45 heavy (non-hydrogen) atoms. The number of rotatable bonds is 6. The van der Waals surface area contributed by atoms with E-state index in [1.165, 1.54) is 19.3 Å². The van der Waals surface area contributed by atoms with E-state index in [1.54, 1.807) is 12.1 Å². The first-order valence-corrected chi connectivity index (χ1v) is 17.8. The Balaban J connectivity index is 1.17. The van der Waals surface area contributed by atoms with E-state index in [1.807, 2.05) is 0 Å². The van der Waals surface area contributed by atoms with Crippen molar-refractivity contribution in [3.63, 3.8) is 0 Å². The van der Waals surface area contributed by atoms with E-state index in [-0.39, 0.29) is 79.7 Å². The second-order valence-electron chi connectivity index (χ2n) is 18.5. The summed E-state index contributed by atoms with van der Waals surface area (Å²) in [5.74, 6) is 0.935. The van der Waals surface area contributed by atoms with Gasteiger partial charge in [-0.05, 0) is 120 Å². The highest BCUT2D eigenvalue weighted by molar-refractivity contribution is 6.02. The SMILES string of the molecule is CC1(C)C2CCC1(C)C(NC(=O)c1cc(C(=O)NC3CC4CCC3(C)C4(C)C)nc(C(=O)NC3CC4CCC3(C)C4(C)C)c1)C2. The van der Waals surface area contributed by atoms with Crippen molar-refractivity contribution in [2.75, 3.05) is 0 Å². The Morgan fingerprint density at radius 3 is 1.13 bits per heavy atom. The first kappa shape index (κ1) is 31.2. The van der Waals surface area contributed by atoms with E-state index >= 15 is 0 Å². The fourth-order valence-electron chi connectivity index (χ4n) is 11.9. The number of carbonyl (C=O) groups is 3. The average Bonchev–Trinajstić information content (AvgIpc) is 3.62. The molecule has 9 atom stereocenters. The molecule has 0 radical (unpaired) electrons. The average molecular weight is 617 g/mol. The lowest BCUT2D eigenvalue weighted by Crippen LogP contribution is -2.48. The number of nitrogens with zero attached hydrogens (tertiary/aromatic N) is 1. The van der Waals surface area contributed by atoms with Crippen LogP contribution in [0.25, 0.3) is 0 Å². The van der Waals surface area contributed by atoms with E-state index < -0.39 is 0 Å². The molecule has 0 saturated heterocycles. The Kier molecular flexibility index (Phi) is 6.62. The van der Waals surface area contributed by atoms with Gasteiger partial charge < -0.3 is 16.0 Å². The van der Waals surface area contributed by atoms with Gasteiger partial charge in [0.2, 0.25) is 0 Å². The van der Waals surface area contributed by atoms with Gasteiger partial charge in [-0.1, -0.05) is 62.3 Å². The van der Waals surface area contributed by atoms with Gasteiger partial charge in [0.05, 0.1) is 0 Å². The quantitative estimate of drug-likeness (QED) is 0.323. The molecule has 1 aromatic rings. The summed E-state index contributed by atoms with van der Waals surface area (Å²) in [6.45, 7) is 20.9. The minimum absolute atomic E-state index is 0.0105. The van der Waals surface area contributed by atoms with E-state index in [4.69, 9.17) is 0 Å². The lowest BCUT2D eigenvalue weighted by molar-refractivity contribution is 0.0817. The first-order chi connectivity index (χ1) is 20.8. The second-order valence-corrected chi connectivity index (χ2v) is 18.5. The summed E-state index contributed by atoms with van der Waals surface area (Å²) in [5.41, 5.74) is 1.15. The summed E-state index contributed by atoms with van der Waals surface area (Å²) in [6.07, 6.45) is 9.76. The Bertz CT molecular complexity index is 1280. The highest BCUT2D eigenvalue weighted by Crippen LogP contribution is 2.67. The molecule has 6 saturated carbocycles. The van der Waals surface area contributed by atoms with Crippen molar-refractivity contribution in [3.8, 4) is 0 Å². The van der Waals surface area contributed by atoms with E-state index in [9.17, 15) is 14.4 Å². The Morgan fingerprint density at radius 2 is 0.867 bits per heavy atom. The molecule has 1 heterocycles. The van der Waals surface area contributed by atoms with Crippen LogP contribution in [0.15, 0.2) is 12.1 Å². The van der Waals surface area contributed by atoms with Crippen LogP contribution in [-0.4, -0.2) is 40.8 Å². The minimum Gasteiger partial charge on any atom is -0.349 e. The molecule has 3 N–H and O–H groups in total. The predicted octanol–water partition coefficient (Wildman–Crippen LogP) is 6.92. The van der Waals surface area contributed by atoms with Gasteiger partial charge in [-0.2, -0.15) is 0 Å². The lowest BCUT2D eigenvalue weighted by Gasteiger charge is -2.39. The van der Waals surface area contributed by atoms with Crippen LogP contribution >= 0.6 is 0 Å². The number of aromatic nitrogens is 1. The zero-order valence-corrected chi connectivity index (χ0v) is 29.2. The zero-order chi connectivity index (χ0) is 32.5. The second kappa shape index (κ2) is 9.56. The van der Waals surface area contributed by atoms with Crippen LogP contribution in [0.5, 0.6) is 0 Å². The Labute approximate surface area is 270 Å². The summed E-state index contributed by atoms with van der Waals surface area (Å²) in [7, 11) is 0. The molecule has 0 aromatic carbocycles. The van der Waals surface area contributed by atoms with Gasteiger partial charge >= 0.3 is 0 Å².